The van der Waals surface area contributed by atoms with Gasteiger partial charge in [0, 0.05) is 31.5 Å². The Labute approximate surface area is 171 Å². The fourth-order valence-corrected chi connectivity index (χ4v) is 3.43. The maximum absolute atomic E-state index is 8.76. The van der Waals surface area contributed by atoms with E-state index >= 15 is 0 Å². The molecule has 0 aromatic heterocycles. The molecule has 6 nitrogen and oxygen atoms in total. The molecule has 0 unspecified atom stereocenters. The van der Waals surface area contributed by atoms with E-state index in [4.69, 9.17) is 20.0 Å². The Balaban J connectivity index is 1.57. The van der Waals surface area contributed by atoms with Gasteiger partial charge in [-0.1, -0.05) is 12.1 Å². The van der Waals surface area contributed by atoms with E-state index < -0.39 is 0 Å². The molecule has 6 heteroatoms. The maximum Gasteiger partial charge on any atom is 0.161 e. The summed E-state index contributed by atoms with van der Waals surface area (Å²) >= 11 is 0. The van der Waals surface area contributed by atoms with Crippen molar-refractivity contribution >= 4 is 5.69 Å². The molecule has 29 heavy (non-hydrogen) atoms. The number of nitriles is 2. The number of methoxy groups -OCH3 is 2. The van der Waals surface area contributed by atoms with Gasteiger partial charge in [0.1, 0.15) is 17.7 Å². The van der Waals surface area contributed by atoms with Crippen LogP contribution in [-0.4, -0.2) is 32.2 Å². The van der Waals surface area contributed by atoms with Crippen LogP contribution < -0.4 is 14.8 Å². The van der Waals surface area contributed by atoms with Crippen molar-refractivity contribution in [1.29, 1.82) is 10.5 Å². The second-order valence-electron chi connectivity index (χ2n) is 6.87. The molecule has 0 saturated carbocycles. The molecule has 0 bridgehead atoms. The van der Waals surface area contributed by atoms with E-state index in [2.05, 4.69) is 34.5 Å². The van der Waals surface area contributed by atoms with Gasteiger partial charge in [-0.2, -0.15) is 10.5 Å². The first kappa shape index (κ1) is 20.3. The lowest BCUT2D eigenvalue weighted by molar-refractivity contribution is 0.255. The van der Waals surface area contributed by atoms with Crippen LogP contribution in [0.25, 0.3) is 0 Å². The van der Waals surface area contributed by atoms with Crippen LogP contribution in [0.3, 0.4) is 0 Å². The first-order valence-electron chi connectivity index (χ1n) is 9.48. The molecule has 0 aliphatic carbocycles. The Morgan fingerprint density at radius 1 is 1.07 bits per heavy atom. The molecule has 148 valence electrons. The summed E-state index contributed by atoms with van der Waals surface area (Å²) in [7, 11) is 3.34. The van der Waals surface area contributed by atoms with Crippen molar-refractivity contribution in [3.63, 3.8) is 0 Å². The van der Waals surface area contributed by atoms with Gasteiger partial charge in [0.15, 0.2) is 11.5 Å². The van der Waals surface area contributed by atoms with E-state index in [1.54, 1.807) is 14.2 Å². The molecule has 0 spiro atoms. The lowest BCUT2D eigenvalue weighted by Gasteiger charge is -2.29. The van der Waals surface area contributed by atoms with Gasteiger partial charge in [0.2, 0.25) is 0 Å². The number of nitrogens with zero attached hydrogens (tertiary/aromatic N) is 3. The molecule has 1 heterocycles. The first-order valence-corrected chi connectivity index (χ1v) is 9.48. The summed E-state index contributed by atoms with van der Waals surface area (Å²) in [4.78, 5) is 2.45. The van der Waals surface area contributed by atoms with Crippen LogP contribution in [0.4, 0.5) is 5.69 Å². The SMILES string of the molecule is COc1cc2c(cc1OC)CN(CCc1ccc(NC=C(C#N)C#N)cc1)CC2. The average Bonchev–Trinajstić information content (AvgIpc) is 2.78. The normalized spacial score (nSPS) is 12.8. The number of benzene rings is 2. The molecule has 0 atom stereocenters. The highest BCUT2D eigenvalue weighted by atomic mass is 16.5. The number of hydrogen-bond donors (Lipinski definition) is 1. The fraction of sp³-hybridized carbons (Fsp3) is 0.304. The van der Waals surface area contributed by atoms with Crippen molar-refractivity contribution in [3.05, 3.63) is 64.9 Å². The molecule has 2 aromatic carbocycles. The predicted molar refractivity (Wildman–Crippen MR) is 112 cm³/mol. The van der Waals surface area contributed by atoms with Gasteiger partial charge in [-0.15, -0.1) is 0 Å². The Hall–Kier alpha value is -3.48. The molecular formula is C23H24N4O2. The zero-order valence-corrected chi connectivity index (χ0v) is 16.7. The molecular weight excluding hydrogens is 364 g/mol. The van der Waals surface area contributed by atoms with Crippen molar-refractivity contribution in [2.75, 3.05) is 32.6 Å². The summed E-state index contributed by atoms with van der Waals surface area (Å²) in [6, 6.07) is 15.9. The minimum absolute atomic E-state index is 0.0497. The Morgan fingerprint density at radius 2 is 1.72 bits per heavy atom. The van der Waals surface area contributed by atoms with Gasteiger partial charge in [0.25, 0.3) is 0 Å². The zero-order valence-electron chi connectivity index (χ0n) is 16.7. The molecule has 3 rings (SSSR count). The van der Waals surface area contributed by atoms with Crippen molar-refractivity contribution in [3.8, 4) is 23.6 Å². The third-order valence-corrected chi connectivity index (χ3v) is 5.09. The standard InChI is InChI=1S/C23H24N4O2/c1-28-22-11-19-8-10-27(16-20(19)12-23(22)29-2)9-7-17-3-5-21(6-4-17)26-15-18(13-24)14-25/h3-6,11-12,15,26H,7-10,16H2,1-2H3. The average molecular weight is 388 g/mol. The quantitative estimate of drug-likeness (QED) is 0.729. The van der Waals surface area contributed by atoms with Gasteiger partial charge in [-0.05, 0) is 53.8 Å². The minimum atomic E-state index is 0.0497. The Morgan fingerprint density at radius 3 is 2.34 bits per heavy atom. The predicted octanol–water partition coefficient (Wildman–Crippen LogP) is 3.65. The van der Waals surface area contributed by atoms with E-state index in [-0.39, 0.29) is 5.57 Å². The second-order valence-corrected chi connectivity index (χ2v) is 6.87. The summed E-state index contributed by atoms with van der Waals surface area (Å²) in [5.41, 5.74) is 4.78. The molecule has 1 aliphatic heterocycles. The van der Waals surface area contributed by atoms with Crippen molar-refractivity contribution in [2.45, 2.75) is 19.4 Å². The van der Waals surface area contributed by atoms with Crippen molar-refractivity contribution in [2.24, 2.45) is 0 Å². The largest absolute Gasteiger partial charge is 0.493 e. The monoisotopic (exact) mass is 388 g/mol. The lowest BCUT2D eigenvalue weighted by Crippen LogP contribution is -2.32. The lowest BCUT2D eigenvalue weighted by atomic mass is 9.98. The first-order chi connectivity index (χ1) is 14.2. The van der Waals surface area contributed by atoms with Gasteiger partial charge >= 0.3 is 0 Å². The number of allylic oxidation sites excluding steroid dienone is 1. The van der Waals surface area contributed by atoms with E-state index in [0.29, 0.717) is 0 Å². The van der Waals surface area contributed by atoms with Crippen LogP contribution in [0.5, 0.6) is 11.5 Å². The van der Waals surface area contributed by atoms with Crippen molar-refractivity contribution in [1.82, 2.24) is 4.90 Å². The molecule has 1 aliphatic rings. The maximum atomic E-state index is 8.76. The number of fused-ring (bicyclic) bond motifs is 1. The number of rotatable bonds is 7. The van der Waals surface area contributed by atoms with Crippen LogP contribution in [0, 0.1) is 22.7 Å². The van der Waals surface area contributed by atoms with E-state index in [1.165, 1.54) is 22.9 Å². The molecule has 0 fully saturated rings. The summed E-state index contributed by atoms with van der Waals surface area (Å²) < 4.78 is 10.8. The van der Waals surface area contributed by atoms with Gasteiger partial charge in [-0.25, -0.2) is 0 Å². The third kappa shape index (κ3) is 5.07. The summed E-state index contributed by atoms with van der Waals surface area (Å²) in [6.45, 7) is 2.91. The summed E-state index contributed by atoms with van der Waals surface area (Å²) in [5.74, 6) is 1.57. The molecule has 2 aromatic rings. The van der Waals surface area contributed by atoms with E-state index in [1.807, 2.05) is 24.3 Å². The highest BCUT2D eigenvalue weighted by molar-refractivity contribution is 5.50. The molecule has 1 N–H and O–H groups in total. The number of ether oxygens (including phenoxy) is 2. The number of anilines is 1. The van der Waals surface area contributed by atoms with E-state index in [9.17, 15) is 0 Å². The molecule has 0 radical (unpaired) electrons. The fourth-order valence-electron chi connectivity index (χ4n) is 3.43. The van der Waals surface area contributed by atoms with Crippen LogP contribution in [-0.2, 0) is 19.4 Å². The van der Waals surface area contributed by atoms with Crippen LogP contribution in [0.15, 0.2) is 48.2 Å². The van der Waals surface area contributed by atoms with Crippen LogP contribution in [0.2, 0.25) is 0 Å². The minimum Gasteiger partial charge on any atom is -0.493 e. The smallest absolute Gasteiger partial charge is 0.161 e. The van der Waals surface area contributed by atoms with Gasteiger partial charge in [0.05, 0.1) is 14.2 Å². The summed E-state index contributed by atoms with van der Waals surface area (Å²) in [5, 5.41) is 20.5. The zero-order chi connectivity index (χ0) is 20.6. The second kappa shape index (κ2) is 9.64. The molecule has 0 saturated heterocycles. The van der Waals surface area contributed by atoms with Crippen LogP contribution in [0.1, 0.15) is 16.7 Å². The Kier molecular flexibility index (Phi) is 6.73. The van der Waals surface area contributed by atoms with Gasteiger partial charge in [-0.3, -0.25) is 4.90 Å². The number of hydrogen-bond acceptors (Lipinski definition) is 6. The topological polar surface area (TPSA) is 81.3 Å². The third-order valence-electron chi connectivity index (χ3n) is 5.09. The van der Waals surface area contributed by atoms with Crippen LogP contribution >= 0.6 is 0 Å². The summed E-state index contributed by atoms with van der Waals surface area (Å²) in [6.07, 6.45) is 3.38. The molecule has 0 amide bonds. The number of nitrogens with one attached hydrogen (secondary N) is 1. The highest BCUT2D eigenvalue weighted by Gasteiger charge is 2.19. The van der Waals surface area contributed by atoms with Crippen molar-refractivity contribution < 1.29 is 9.47 Å². The Bertz CT molecular complexity index is 952. The van der Waals surface area contributed by atoms with E-state index in [0.717, 1.165) is 49.7 Å². The highest BCUT2D eigenvalue weighted by Crippen LogP contribution is 2.33. The van der Waals surface area contributed by atoms with Gasteiger partial charge < -0.3 is 14.8 Å².